The molecule has 2 aromatic rings. The van der Waals surface area contributed by atoms with Crippen molar-refractivity contribution in [1.29, 1.82) is 0 Å². The highest BCUT2D eigenvalue weighted by Gasteiger charge is 2.31. The van der Waals surface area contributed by atoms with E-state index >= 15 is 0 Å². The van der Waals surface area contributed by atoms with Crippen molar-refractivity contribution in [3.8, 4) is 0 Å². The fourth-order valence-corrected chi connectivity index (χ4v) is 5.57. The summed E-state index contributed by atoms with van der Waals surface area (Å²) in [5, 5.41) is 9.05. The first-order chi connectivity index (χ1) is 17.1. The lowest BCUT2D eigenvalue weighted by Gasteiger charge is -2.29. The molecule has 2 heterocycles. The smallest absolute Gasteiger partial charge is 0.323 e. The van der Waals surface area contributed by atoms with E-state index < -0.39 is 19.5 Å². The van der Waals surface area contributed by atoms with E-state index in [2.05, 4.69) is 37.0 Å². The topological polar surface area (TPSA) is 168 Å². The SMILES string of the molecule is C=CCNc1nc(N)nc2c1ncn2CCOCP(=O)(NC(C)C(=O)OCC)NC(C)[C@H](C)OCC. The molecule has 0 saturated heterocycles. The third-order valence-electron chi connectivity index (χ3n) is 5.23. The highest BCUT2D eigenvalue weighted by molar-refractivity contribution is 7.59. The van der Waals surface area contributed by atoms with Gasteiger partial charge in [0.1, 0.15) is 12.4 Å². The lowest BCUT2D eigenvalue weighted by atomic mass is 10.2. The van der Waals surface area contributed by atoms with Crippen LogP contribution >= 0.6 is 7.44 Å². The van der Waals surface area contributed by atoms with E-state index in [1.165, 1.54) is 0 Å². The van der Waals surface area contributed by atoms with E-state index in [9.17, 15) is 9.36 Å². The van der Waals surface area contributed by atoms with E-state index in [4.69, 9.17) is 19.9 Å². The standard InChI is InChI=1S/C22H39N8O5P/c1-7-10-24-19-18-20(27-22(23)26-19)30(13-25-18)11-12-33-14-36(32,28-15(4)17(6)34-8-2)29-16(5)21(31)35-9-3/h7,13,15-17H,1,8-12,14H2,2-6H3,(H2,28,29,32)(H3,23,24,26,27)/t15?,16?,17-,36?/m0/s1. The number of nitrogens with one attached hydrogen (secondary N) is 3. The molecule has 0 aliphatic heterocycles. The van der Waals surface area contributed by atoms with E-state index in [1.54, 1.807) is 30.8 Å². The van der Waals surface area contributed by atoms with Crippen LogP contribution in [0.25, 0.3) is 11.2 Å². The monoisotopic (exact) mass is 526 g/mol. The second kappa shape index (κ2) is 14.2. The van der Waals surface area contributed by atoms with Crippen LogP contribution in [0.5, 0.6) is 0 Å². The number of carbonyl (C=O) groups excluding carboxylic acids is 1. The molecule has 0 fully saturated rings. The van der Waals surface area contributed by atoms with Crippen LogP contribution in [0, 0.1) is 0 Å². The zero-order valence-corrected chi connectivity index (χ0v) is 22.6. The Morgan fingerprint density at radius 1 is 1.25 bits per heavy atom. The van der Waals surface area contributed by atoms with Crippen LogP contribution in [0.4, 0.5) is 11.8 Å². The predicted octanol–water partition coefficient (Wildman–Crippen LogP) is 2.12. The summed E-state index contributed by atoms with van der Waals surface area (Å²) in [5.74, 6) is 0.133. The van der Waals surface area contributed by atoms with Gasteiger partial charge in [-0.15, -0.1) is 6.58 Å². The Kier molecular flexibility index (Phi) is 11.7. The van der Waals surface area contributed by atoms with Crippen LogP contribution in [0.3, 0.4) is 0 Å². The molecule has 3 unspecified atom stereocenters. The largest absolute Gasteiger partial charge is 0.465 e. The number of carbonyl (C=O) groups is 1. The second-order valence-corrected chi connectivity index (χ2v) is 10.4. The molecular formula is C22H39N8O5P. The van der Waals surface area contributed by atoms with Gasteiger partial charge < -0.3 is 29.8 Å². The Balaban J connectivity index is 2.08. The molecule has 0 aliphatic carbocycles. The van der Waals surface area contributed by atoms with Gasteiger partial charge in [-0.05, 0) is 34.6 Å². The molecule has 13 nitrogen and oxygen atoms in total. The van der Waals surface area contributed by atoms with Crippen molar-refractivity contribution >= 4 is 36.3 Å². The quantitative estimate of drug-likeness (QED) is 0.103. The Bertz CT molecular complexity index is 1050. The molecule has 14 heteroatoms. The lowest BCUT2D eigenvalue weighted by Crippen LogP contribution is -2.43. The van der Waals surface area contributed by atoms with Crippen LogP contribution < -0.4 is 21.2 Å². The number of nitrogens with two attached hydrogens (primary N) is 1. The molecule has 202 valence electrons. The molecule has 4 atom stereocenters. The predicted molar refractivity (Wildman–Crippen MR) is 140 cm³/mol. The van der Waals surface area contributed by atoms with Crippen LogP contribution in [0.1, 0.15) is 34.6 Å². The van der Waals surface area contributed by atoms with Gasteiger partial charge in [-0.1, -0.05) is 6.08 Å². The number of anilines is 2. The van der Waals surface area contributed by atoms with Gasteiger partial charge in [0.25, 0.3) is 0 Å². The van der Waals surface area contributed by atoms with Gasteiger partial charge in [-0.3, -0.25) is 9.36 Å². The van der Waals surface area contributed by atoms with Gasteiger partial charge in [0.15, 0.2) is 17.0 Å². The summed E-state index contributed by atoms with van der Waals surface area (Å²) in [7, 11) is -3.36. The minimum atomic E-state index is -3.36. The number of nitrogen functional groups attached to an aromatic ring is 1. The number of ether oxygens (including phenoxy) is 3. The second-order valence-electron chi connectivity index (χ2n) is 8.17. The average Bonchev–Trinajstić information content (AvgIpc) is 3.23. The normalized spacial score (nSPS) is 15.7. The minimum Gasteiger partial charge on any atom is -0.465 e. The Morgan fingerprint density at radius 2 is 2.00 bits per heavy atom. The molecule has 0 bridgehead atoms. The van der Waals surface area contributed by atoms with Crippen LogP contribution in [-0.4, -0.2) is 76.4 Å². The maximum Gasteiger partial charge on any atom is 0.323 e. The number of hydrogen-bond donors (Lipinski definition) is 4. The first-order valence-electron chi connectivity index (χ1n) is 12.0. The number of nitrogens with zero attached hydrogens (tertiary/aromatic N) is 4. The molecule has 0 aliphatic rings. The first kappa shape index (κ1) is 29.7. The van der Waals surface area contributed by atoms with Crippen LogP contribution in [-0.2, 0) is 30.1 Å². The number of fused-ring (bicyclic) bond motifs is 1. The lowest BCUT2D eigenvalue weighted by molar-refractivity contribution is -0.144. The molecule has 0 saturated carbocycles. The van der Waals surface area contributed by atoms with Crippen molar-refractivity contribution in [3.63, 3.8) is 0 Å². The van der Waals surface area contributed by atoms with Gasteiger partial charge in [0, 0.05) is 25.7 Å². The molecule has 0 spiro atoms. The minimum absolute atomic E-state index is 0.111. The zero-order valence-electron chi connectivity index (χ0n) is 21.7. The number of rotatable bonds is 17. The van der Waals surface area contributed by atoms with E-state index in [0.717, 1.165) is 0 Å². The van der Waals surface area contributed by atoms with Gasteiger partial charge in [0.2, 0.25) is 13.4 Å². The number of esters is 1. The van der Waals surface area contributed by atoms with Gasteiger partial charge >= 0.3 is 5.97 Å². The Hall–Kier alpha value is -2.57. The maximum atomic E-state index is 13.7. The number of hydrogen-bond acceptors (Lipinski definition) is 10. The molecule has 2 aromatic heterocycles. The summed E-state index contributed by atoms with van der Waals surface area (Å²) < 4.78 is 32.0. The number of imidazole rings is 1. The average molecular weight is 527 g/mol. The number of aromatic nitrogens is 4. The van der Waals surface area contributed by atoms with E-state index in [-0.39, 0.29) is 37.7 Å². The first-order valence-corrected chi connectivity index (χ1v) is 13.9. The molecule has 0 amide bonds. The van der Waals surface area contributed by atoms with Crippen LogP contribution in [0.2, 0.25) is 0 Å². The van der Waals surface area contributed by atoms with Crippen molar-refractivity contribution in [3.05, 3.63) is 19.0 Å². The Labute approximate surface area is 212 Å². The van der Waals surface area contributed by atoms with Crippen molar-refractivity contribution in [2.45, 2.75) is 59.4 Å². The summed E-state index contributed by atoms with van der Waals surface area (Å²) in [6, 6.07) is -1.06. The van der Waals surface area contributed by atoms with Crippen molar-refractivity contribution < 1.29 is 23.6 Å². The van der Waals surface area contributed by atoms with Crippen molar-refractivity contribution in [1.82, 2.24) is 29.7 Å². The third kappa shape index (κ3) is 8.52. The third-order valence-corrected chi connectivity index (χ3v) is 7.41. The molecule has 2 rings (SSSR count). The summed E-state index contributed by atoms with van der Waals surface area (Å²) in [5.41, 5.74) is 6.98. The zero-order chi connectivity index (χ0) is 26.7. The highest BCUT2D eigenvalue weighted by Crippen LogP contribution is 2.38. The molecule has 5 N–H and O–H groups in total. The van der Waals surface area contributed by atoms with Gasteiger partial charge in [0.05, 0.1) is 25.6 Å². The van der Waals surface area contributed by atoms with E-state index in [0.29, 0.717) is 36.7 Å². The molecule has 0 aromatic carbocycles. The fourth-order valence-electron chi connectivity index (χ4n) is 3.36. The van der Waals surface area contributed by atoms with Crippen molar-refractivity contribution in [2.24, 2.45) is 0 Å². The summed E-state index contributed by atoms with van der Waals surface area (Å²) in [6.45, 7) is 14.5. The van der Waals surface area contributed by atoms with Crippen molar-refractivity contribution in [2.75, 3.05) is 43.8 Å². The summed E-state index contributed by atoms with van der Waals surface area (Å²) in [4.78, 5) is 25.0. The van der Waals surface area contributed by atoms with Gasteiger partial charge in [-0.25, -0.2) is 15.2 Å². The molecular weight excluding hydrogens is 487 g/mol. The molecule has 36 heavy (non-hydrogen) atoms. The van der Waals surface area contributed by atoms with Gasteiger partial charge in [-0.2, -0.15) is 9.97 Å². The molecule has 0 radical (unpaired) electrons. The van der Waals surface area contributed by atoms with E-state index in [1.807, 2.05) is 20.8 Å². The summed E-state index contributed by atoms with van der Waals surface area (Å²) in [6.07, 6.45) is 2.96. The maximum absolute atomic E-state index is 13.7. The highest BCUT2D eigenvalue weighted by atomic mass is 31.2. The van der Waals surface area contributed by atoms with Crippen LogP contribution in [0.15, 0.2) is 19.0 Å². The Morgan fingerprint density at radius 3 is 2.67 bits per heavy atom. The fraction of sp³-hybridized carbons (Fsp3) is 0.636. The summed E-state index contributed by atoms with van der Waals surface area (Å²) >= 11 is 0.